The highest BCUT2D eigenvalue weighted by molar-refractivity contribution is 6.33. The molecular formula is C24H15ClO4. The summed E-state index contributed by atoms with van der Waals surface area (Å²) in [6, 6.07) is 21.1. The lowest BCUT2D eigenvalue weighted by Crippen LogP contribution is -2.06. The lowest BCUT2D eigenvalue weighted by Gasteiger charge is -2.06. The van der Waals surface area contributed by atoms with Crippen molar-refractivity contribution in [1.29, 1.82) is 0 Å². The van der Waals surface area contributed by atoms with Crippen LogP contribution in [0.1, 0.15) is 5.56 Å². The van der Waals surface area contributed by atoms with Crippen LogP contribution in [0.15, 0.2) is 94.3 Å². The van der Waals surface area contributed by atoms with Gasteiger partial charge in [-0.2, -0.15) is 0 Å². The Labute approximate surface area is 171 Å². The Kier molecular flexibility index (Phi) is 5.27. The number of hydrogen-bond acceptors (Lipinski definition) is 4. The standard InChI is InChI=1S/C24H15ClO4/c25-21-9-5-4-8-18(21)20-15-28-22-14-17(11-12-19(22)24(20)27)29-23(26)13-10-16-6-2-1-3-7-16/h1-15H/b13-10+. The molecule has 0 radical (unpaired) electrons. The van der Waals surface area contributed by atoms with E-state index in [-0.39, 0.29) is 11.2 Å². The van der Waals surface area contributed by atoms with Crippen LogP contribution < -0.4 is 10.2 Å². The molecule has 0 aliphatic rings. The third kappa shape index (κ3) is 4.13. The molecule has 0 aliphatic heterocycles. The monoisotopic (exact) mass is 402 g/mol. The van der Waals surface area contributed by atoms with Crippen molar-refractivity contribution in [3.63, 3.8) is 0 Å². The highest BCUT2D eigenvalue weighted by Crippen LogP contribution is 2.27. The molecule has 0 saturated heterocycles. The number of benzene rings is 3. The quantitative estimate of drug-likeness (QED) is 0.248. The highest BCUT2D eigenvalue weighted by Gasteiger charge is 2.13. The van der Waals surface area contributed by atoms with Crippen molar-refractivity contribution >= 4 is 34.6 Å². The average Bonchev–Trinajstić information content (AvgIpc) is 2.74. The van der Waals surface area contributed by atoms with Gasteiger partial charge in [0.25, 0.3) is 0 Å². The van der Waals surface area contributed by atoms with Gasteiger partial charge in [-0.15, -0.1) is 0 Å². The average molecular weight is 403 g/mol. The summed E-state index contributed by atoms with van der Waals surface area (Å²) < 4.78 is 10.9. The van der Waals surface area contributed by atoms with E-state index in [1.54, 1.807) is 42.5 Å². The van der Waals surface area contributed by atoms with Crippen LogP contribution >= 0.6 is 11.6 Å². The Morgan fingerprint density at radius 2 is 1.69 bits per heavy atom. The summed E-state index contributed by atoms with van der Waals surface area (Å²) in [7, 11) is 0. The number of rotatable bonds is 4. The molecule has 0 atom stereocenters. The largest absolute Gasteiger partial charge is 0.463 e. The molecule has 3 aromatic carbocycles. The number of esters is 1. The third-order valence-electron chi connectivity index (χ3n) is 4.34. The molecule has 142 valence electrons. The van der Waals surface area contributed by atoms with Crippen LogP contribution in [0.2, 0.25) is 5.02 Å². The van der Waals surface area contributed by atoms with Gasteiger partial charge >= 0.3 is 5.97 Å². The van der Waals surface area contributed by atoms with Gasteiger partial charge in [0.2, 0.25) is 5.43 Å². The van der Waals surface area contributed by atoms with Gasteiger partial charge < -0.3 is 9.15 Å². The highest BCUT2D eigenvalue weighted by atomic mass is 35.5. The first-order valence-corrected chi connectivity index (χ1v) is 9.25. The van der Waals surface area contributed by atoms with Crippen LogP contribution in [0.4, 0.5) is 0 Å². The molecule has 4 nitrogen and oxygen atoms in total. The summed E-state index contributed by atoms with van der Waals surface area (Å²) in [6.45, 7) is 0. The van der Waals surface area contributed by atoms with E-state index < -0.39 is 5.97 Å². The van der Waals surface area contributed by atoms with Crippen molar-refractivity contribution in [1.82, 2.24) is 0 Å². The van der Waals surface area contributed by atoms with Gasteiger partial charge in [-0.3, -0.25) is 4.79 Å². The Bertz CT molecular complexity index is 1270. The maximum Gasteiger partial charge on any atom is 0.336 e. The summed E-state index contributed by atoms with van der Waals surface area (Å²) >= 11 is 6.19. The minimum absolute atomic E-state index is 0.207. The predicted molar refractivity (Wildman–Crippen MR) is 114 cm³/mol. The fourth-order valence-electron chi connectivity index (χ4n) is 2.92. The van der Waals surface area contributed by atoms with E-state index >= 15 is 0 Å². The molecule has 0 unspecified atom stereocenters. The molecular weight excluding hydrogens is 388 g/mol. The lowest BCUT2D eigenvalue weighted by molar-refractivity contribution is -0.128. The SMILES string of the molecule is O=C(/C=C/c1ccccc1)Oc1ccc2c(=O)c(-c3ccccc3Cl)coc2c1. The number of fused-ring (bicyclic) bond motifs is 1. The van der Waals surface area contributed by atoms with E-state index in [9.17, 15) is 9.59 Å². The minimum atomic E-state index is -0.525. The van der Waals surface area contributed by atoms with Gasteiger partial charge in [-0.1, -0.05) is 60.1 Å². The first kappa shape index (κ1) is 18.7. The number of carbonyl (C=O) groups excluding carboxylic acids is 1. The second kappa shape index (κ2) is 8.17. The molecule has 0 bridgehead atoms. The molecule has 29 heavy (non-hydrogen) atoms. The second-order valence-corrected chi connectivity index (χ2v) is 6.69. The zero-order valence-electron chi connectivity index (χ0n) is 15.2. The van der Waals surface area contributed by atoms with Crippen LogP contribution in [0.5, 0.6) is 5.75 Å². The molecule has 5 heteroatoms. The predicted octanol–water partition coefficient (Wildman–Crippen LogP) is 5.73. The van der Waals surface area contributed by atoms with E-state index in [2.05, 4.69) is 0 Å². The molecule has 1 heterocycles. The molecule has 0 fully saturated rings. The molecule has 0 aliphatic carbocycles. The second-order valence-electron chi connectivity index (χ2n) is 6.28. The van der Waals surface area contributed by atoms with Gasteiger partial charge in [-0.25, -0.2) is 4.79 Å². The Hall–Kier alpha value is -3.63. The minimum Gasteiger partial charge on any atom is -0.463 e. The first-order valence-electron chi connectivity index (χ1n) is 8.87. The zero-order chi connectivity index (χ0) is 20.2. The van der Waals surface area contributed by atoms with Crippen LogP contribution in [0.25, 0.3) is 28.2 Å². The van der Waals surface area contributed by atoms with E-state index in [0.29, 0.717) is 27.1 Å². The fraction of sp³-hybridized carbons (Fsp3) is 0. The first-order chi connectivity index (χ1) is 14.1. The molecule has 4 rings (SSSR count). The van der Waals surface area contributed by atoms with Crippen molar-refractivity contribution in [2.75, 3.05) is 0 Å². The summed E-state index contributed by atoms with van der Waals surface area (Å²) in [6.07, 6.45) is 4.38. The Balaban J connectivity index is 1.60. The Morgan fingerprint density at radius 1 is 0.931 bits per heavy atom. The molecule has 1 aromatic heterocycles. The normalized spacial score (nSPS) is 11.1. The van der Waals surface area contributed by atoms with Crippen molar-refractivity contribution in [3.8, 4) is 16.9 Å². The van der Waals surface area contributed by atoms with Crippen LogP contribution in [0.3, 0.4) is 0 Å². The summed E-state index contributed by atoms with van der Waals surface area (Å²) in [5.74, 6) is -0.239. The topological polar surface area (TPSA) is 56.5 Å². The molecule has 0 amide bonds. The van der Waals surface area contributed by atoms with Crippen molar-refractivity contribution in [3.05, 3.63) is 106 Å². The van der Waals surface area contributed by atoms with Gasteiger partial charge in [0.1, 0.15) is 17.6 Å². The fourth-order valence-corrected chi connectivity index (χ4v) is 3.15. The van der Waals surface area contributed by atoms with Crippen LogP contribution in [0, 0.1) is 0 Å². The molecule has 4 aromatic rings. The smallest absolute Gasteiger partial charge is 0.336 e. The molecule has 0 N–H and O–H groups in total. The lowest BCUT2D eigenvalue weighted by atomic mass is 10.1. The number of carbonyl (C=O) groups is 1. The number of ether oxygens (including phenoxy) is 1. The number of hydrogen-bond donors (Lipinski definition) is 0. The van der Waals surface area contributed by atoms with Crippen molar-refractivity contribution in [2.24, 2.45) is 0 Å². The van der Waals surface area contributed by atoms with Crippen molar-refractivity contribution in [2.45, 2.75) is 0 Å². The maximum absolute atomic E-state index is 12.8. The zero-order valence-corrected chi connectivity index (χ0v) is 15.9. The third-order valence-corrected chi connectivity index (χ3v) is 4.67. The van der Waals surface area contributed by atoms with E-state index in [4.69, 9.17) is 20.8 Å². The van der Waals surface area contributed by atoms with Gasteiger partial charge in [0.15, 0.2) is 0 Å². The van der Waals surface area contributed by atoms with Crippen molar-refractivity contribution < 1.29 is 13.9 Å². The summed E-state index contributed by atoms with van der Waals surface area (Å²) in [5.41, 5.74) is 1.98. The molecule has 0 spiro atoms. The number of halogens is 1. The maximum atomic E-state index is 12.8. The summed E-state index contributed by atoms with van der Waals surface area (Å²) in [5, 5.41) is 0.844. The van der Waals surface area contributed by atoms with Gasteiger partial charge in [0.05, 0.1) is 10.9 Å². The Morgan fingerprint density at radius 3 is 2.48 bits per heavy atom. The molecule has 0 saturated carbocycles. The van der Waals surface area contributed by atoms with E-state index in [1.807, 2.05) is 30.3 Å². The van der Waals surface area contributed by atoms with Gasteiger partial charge in [-0.05, 0) is 29.8 Å². The van der Waals surface area contributed by atoms with E-state index in [0.717, 1.165) is 5.56 Å². The van der Waals surface area contributed by atoms with E-state index in [1.165, 1.54) is 18.4 Å². The van der Waals surface area contributed by atoms with Gasteiger partial charge in [0, 0.05) is 22.7 Å². The van der Waals surface area contributed by atoms with Crippen LogP contribution in [-0.2, 0) is 4.79 Å². The van der Waals surface area contributed by atoms with Crippen LogP contribution in [-0.4, -0.2) is 5.97 Å². The summed E-state index contributed by atoms with van der Waals surface area (Å²) in [4.78, 5) is 24.9.